The third-order valence-electron chi connectivity index (χ3n) is 5.00. The molecule has 1 atom stereocenters. The van der Waals surface area contributed by atoms with Crippen molar-refractivity contribution in [3.8, 4) is 0 Å². The summed E-state index contributed by atoms with van der Waals surface area (Å²) in [6.45, 7) is 9.29. The molecule has 0 saturated heterocycles. The number of carbonyl (C=O) groups excluding carboxylic acids is 1. The van der Waals surface area contributed by atoms with E-state index < -0.39 is 0 Å². The molecule has 0 fully saturated rings. The molecule has 0 aliphatic carbocycles. The highest BCUT2D eigenvalue weighted by Crippen LogP contribution is 2.26. The molecule has 1 heterocycles. The first kappa shape index (κ1) is 22.4. The van der Waals surface area contributed by atoms with Gasteiger partial charge < -0.3 is 9.88 Å². The van der Waals surface area contributed by atoms with Gasteiger partial charge in [0.05, 0.1) is 11.8 Å². The van der Waals surface area contributed by atoms with E-state index in [0.717, 1.165) is 48.0 Å². The van der Waals surface area contributed by atoms with Crippen molar-refractivity contribution in [2.24, 2.45) is 0 Å². The second-order valence-electron chi connectivity index (χ2n) is 7.32. The van der Waals surface area contributed by atoms with Gasteiger partial charge in [-0.05, 0) is 58.0 Å². The average molecular weight is 404 g/mol. The van der Waals surface area contributed by atoms with Crippen LogP contribution in [0.2, 0.25) is 0 Å². The lowest BCUT2D eigenvalue weighted by atomic mass is 10.1. The largest absolute Gasteiger partial charge is 0.325 e. The number of thioether (sulfide) groups is 1. The van der Waals surface area contributed by atoms with Crippen LogP contribution in [0.5, 0.6) is 0 Å². The van der Waals surface area contributed by atoms with Gasteiger partial charge in [0.2, 0.25) is 5.91 Å². The highest BCUT2D eigenvalue weighted by molar-refractivity contribution is 7.99. The van der Waals surface area contributed by atoms with Crippen molar-refractivity contribution < 1.29 is 4.79 Å². The lowest BCUT2D eigenvalue weighted by Gasteiger charge is -2.23. The number of anilines is 1. The van der Waals surface area contributed by atoms with E-state index in [0.29, 0.717) is 5.75 Å². The van der Waals surface area contributed by atoms with Crippen LogP contribution in [0.4, 0.5) is 5.69 Å². The molecule has 1 aromatic heterocycles. The van der Waals surface area contributed by atoms with Gasteiger partial charge in [-0.15, -0.1) is 10.2 Å². The maximum Gasteiger partial charge on any atom is 0.234 e. The minimum absolute atomic E-state index is 0.0232. The van der Waals surface area contributed by atoms with Crippen molar-refractivity contribution in [1.29, 1.82) is 0 Å². The zero-order chi connectivity index (χ0) is 20.7. The van der Waals surface area contributed by atoms with E-state index in [1.54, 1.807) is 0 Å². The first-order valence-corrected chi connectivity index (χ1v) is 11.0. The van der Waals surface area contributed by atoms with Gasteiger partial charge >= 0.3 is 0 Å². The molecule has 0 spiro atoms. The number of rotatable bonds is 10. The summed E-state index contributed by atoms with van der Waals surface area (Å²) in [5.41, 5.74) is 3.15. The fraction of sp³-hybridized carbons (Fsp3) is 0.571. The molecule has 1 aromatic carbocycles. The number of hydrogen-bond donors (Lipinski definition) is 1. The van der Waals surface area contributed by atoms with E-state index in [4.69, 9.17) is 0 Å². The van der Waals surface area contributed by atoms with Gasteiger partial charge in [0, 0.05) is 12.2 Å². The zero-order valence-corrected chi connectivity index (χ0v) is 18.8. The van der Waals surface area contributed by atoms with E-state index in [1.807, 2.05) is 32.0 Å². The fourth-order valence-electron chi connectivity index (χ4n) is 3.16. The average Bonchev–Trinajstić information content (AvgIpc) is 3.05. The molecule has 28 heavy (non-hydrogen) atoms. The van der Waals surface area contributed by atoms with Gasteiger partial charge in [0.25, 0.3) is 0 Å². The highest BCUT2D eigenvalue weighted by atomic mass is 32.2. The van der Waals surface area contributed by atoms with E-state index in [9.17, 15) is 4.79 Å². The van der Waals surface area contributed by atoms with Gasteiger partial charge in [-0.3, -0.25) is 9.69 Å². The number of nitrogens with one attached hydrogen (secondary N) is 1. The molecule has 0 aliphatic heterocycles. The number of benzene rings is 1. The van der Waals surface area contributed by atoms with Gasteiger partial charge in [0.1, 0.15) is 0 Å². The number of aryl methyl sites for hydroxylation is 1. The molecule has 0 aliphatic rings. The van der Waals surface area contributed by atoms with Crippen LogP contribution < -0.4 is 5.32 Å². The normalized spacial score (nSPS) is 12.4. The Bertz CT molecular complexity index is 787. The zero-order valence-electron chi connectivity index (χ0n) is 18.0. The quantitative estimate of drug-likeness (QED) is 0.594. The summed E-state index contributed by atoms with van der Waals surface area (Å²) in [6.07, 6.45) is 3.14. The Morgan fingerprint density at radius 3 is 2.64 bits per heavy atom. The van der Waals surface area contributed by atoms with E-state index in [1.165, 1.54) is 17.3 Å². The van der Waals surface area contributed by atoms with Crippen LogP contribution in [0, 0.1) is 13.8 Å². The third kappa shape index (κ3) is 5.58. The number of nitrogens with zero attached hydrogens (tertiary/aromatic N) is 4. The summed E-state index contributed by atoms with van der Waals surface area (Å²) in [5, 5.41) is 12.7. The second kappa shape index (κ2) is 10.6. The van der Waals surface area contributed by atoms with Crippen molar-refractivity contribution in [3.05, 3.63) is 35.2 Å². The molecule has 0 bridgehead atoms. The minimum atomic E-state index is -0.0232. The van der Waals surface area contributed by atoms with E-state index >= 15 is 0 Å². The molecule has 1 amide bonds. The number of carbonyl (C=O) groups is 1. The fourth-order valence-corrected chi connectivity index (χ4v) is 3.93. The third-order valence-corrected chi connectivity index (χ3v) is 5.97. The van der Waals surface area contributed by atoms with Crippen molar-refractivity contribution in [2.45, 2.75) is 64.7 Å². The Hall–Kier alpha value is -1.86. The molecule has 6 nitrogen and oxygen atoms in total. The summed E-state index contributed by atoms with van der Waals surface area (Å²) in [7, 11) is 4.13. The van der Waals surface area contributed by atoms with Crippen molar-refractivity contribution in [2.75, 3.05) is 25.2 Å². The maximum atomic E-state index is 12.5. The second-order valence-corrected chi connectivity index (χ2v) is 8.26. The van der Waals surface area contributed by atoms with Crippen LogP contribution in [0.1, 0.15) is 56.1 Å². The minimum Gasteiger partial charge on any atom is -0.325 e. The van der Waals surface area contributed by atoms with Gasteiger partial charge in [-0.25, -0.2) is 0 Å². The van der Waals surface area contributed by atoms with Crippen molar-refractivity contribution in [1.82, 2.24) is 19.7 Å². The van der Waals surface area contributed by atoms with Crippen LogP contribution in [0.15, 0.2) is 23.4 Å². The molecule has 0 saturated carbocycles. The molecule has 0 radical (unpaired) electrons. The summed E-state index contributed by atoms with van der Waals surface area (Å²) in [5.74, 6) is 1.28. The van der Waals surface area contributed by atoms with Crippen molar-refractivity contribution in [3.63, 3.8) is 0 Å². The predicted octanol–water partition coefficient (Wildman–Crippen LogP) is 4.44. The maximum absolute atomic E-state index is 12.5. The Morgan fingerprint density at radius 2 is 2.00 bits per heavy atom. The standard InChI is InChI=1S/C21H33N5OS/c1-7-9-13-26-20(18(8-2)25(5)6)23-24-21(26)28-14-19(27)22-17-12-10-11-15(3)16(17)4/h10-12,18H,7-9,13-14H2,1-6H3,(H,22,27). The number of unbranched alkanes of at least 4 members (excludes halogenated alkanes) is 1. The molecular weight excluding hydrogens is 370 g/mol. The molecule has 2 rings (SSSR count). The lowest BCUT2D eigenvalue weighted by Crippen LogP contribution is -2.23. The summed E-state index contributed by atoms with van der Waals surface area (Å²) in [4.78, 5) is 14.7. The Morgan fingerprint density at radius 1 is 1.25 bits per heavy atom. The van der Waals surface area contributed by atoms with Crippen LogP contribution in [0.3, 0.4) is 0 Å². The molecule has 2 aromatic rings. The molecular formula is C21H33N5OS. The SMILES string of the molecule is CCCCn1c(SCC(=O)Nc2cccc(C)c2C)nnc1C(CC)N(C)C. The summed E-state index contributed by atoms with van der Waals surface area (Å²) < 4.78 is 2.19. The van der Waals surface area contributed by atoms with Gasteiger partial charge in [-0.1, -0.05) is 44.2 Å². The van der Waals surface area contributed by atoms with Crippen LogP contribution in [-0.2, 0) is 11.3 Å². The first-order valence-electron chi connectivity index (χ1n) is 9.97. The first-order chi connectivity index (χ1) is 13.4. The number of amides is 1. The summed E-state index contributed by atoms with van der Waals surface area (Å²) in [6, 6.07) is 6.18. The molecule has 7 heteroatoms. The van der Waals surface area contributed by atoms with Crippen molar-refractivity contribution >= 4 is 23.4 Å². The Labute approximate surface area is 173 Å². The van der Waals surface area contributed by atoms with Crippen LogP contribution in [-0.4, -0.2) is 45.4 Å². The monoisotopic (exact) mass is 403 g/mol. The predicted molar refractivity (Wildman–Crippen MR) is 117 cm³/mol. The summed E-state index contributed by atoms with van der Waals surface area (Å²) >= 11 is 1.45. The molecule has 154 valence electrons. The lowest BCUT2D eigenvalue weighted by molar-refractivity contribution is -0.113. The van der Waals surface area contributed by atoms with Gasteiger partial charge in [0.15, 0.2) is 11.0 Å². The van der Waals surface area contributed by atoms with E-state index in [-0.39, 0.29) is 11.9 Å². The van der Waals surface area contributed by atoms with Gasteiger partial charge in [-0.2, -0.15) is 0 Å². The van der Waals surface area contributed by atoms with E-state index in [2.05, 4.69) is 52.9 Å². The molecule has 1 unspecified atom stereocenters. The number of aromatic nitrogens is 3. The highest BCUT2D eigenvalue weighted by Gasteiger charge is 2.22. The smallest absolute Gasteiger partial charge is 0.234 e. The number of hydrogen-bond acceptors (Lipinski definition) is 5. The molecule has 1 N–H and O–H groups in total. The van der Waals surface area contributed by atoms with Crippen LogP contribution in [0.25, 0.3) is 0 Å². The Balaban J connectivity index is 2.11. The Kier molecular flexibility index (Phi) is 8.51. The van der Waals surface area contributed by atoms with Crippen LogP contribution >= 0.6 is 11.8 Å². The topological polar surface area (TPSA) is 63.1 Å².